The van der Waals surface area contributed by atoms with Gasteiger partial charge in [0.2, 0.25) is 0 Å². The number of rotatable bonds is 8. The quantitative estimate of drug-likeness (QED) is 0.214. The van der Waals surface area contributed by atoms with E-state index in [1.54, 1.807) is 6.08 Å². The molecule has 0 bridgehead atoms. The van der Waals surface area contributed by atoms with Crippen LogP contribution in [-0.2, 0) is 38.0 Å². The van der Waals surface area contributed by atoms with Crippen LogP contribution in [0.15, 0.2) is 11.6 Å². The molecule has 5 saturated carbocycles. The van der Waals surface area contributed by atoms with E-state index in [1.165, 1.54) is 19.3 Å². The van der Waals surface area contributed by atoms with Crippen LogP contribution < -0.4 is 0 Å². The molecule has 0 spiro atoms. The highest BCUT2D eigenvalue weighted by atomic mass is 16.7. The maximum absolute atomic E-state index is 12.6. The predicted molar refractivity (Wildman–Crippen MR) is 208 cm³/mol. The number of carbonyl (C=O) groups is 1. The minimum Gasteiger partial charge on any atom is -0.458 e. The monoisotopic (exact) mass is 802 g/mol. The van der Waals surface area contributed by atoms with Crippen molar-refractivity contribution >= 4 is 5.97 Å². The van der Waals surface area contributed by atoms with Gasteiger partial charge in [-0.25, -0.2) is 4.79 Å². The summed E-state index contributed by atoms with van der Waals surface area (Å²) in [5.41, 5.74) is 0.278. The van der Waals surface area contributed by atoms with Gasteiger partial charge in [-0.05, 0) is 126 Å². The Balaban J connectivity index is 0.751. The van der Waals surface area contributed by atoms with Crippen molar-refractivity contribution in [1.29, 1.82) is 0 Å². The number of nitrogens with zero attached hydrogens (tertiary/aromatic N) is 1. The van der Waals surface area contributed by atoms with Crippen LogP contribution in [-0.4, -0.2) is 125 Å². The second-order valence-electron chi connectivity index (χ2n) is 20.4. The highest BCUT2D eigenvalue weighted by Crippen LogP contribution is 2.70. The van der Waals surface area contributed by atoms with Gasteiger partial charge in [-0.1, -0.05) is 20.3 Å². The Morgan fingerprint density at radius 3 is 2.11 bits per heavy atom. The lowest BCUT2D eigenvalue weighted by atomic mass is 9.43. The molecule has 0 radical (unpaired) electrons. The fourth-order valence-corrected chi connectivity index (χ4v) is 13.9. The van der Waals surface area contributed by atoms with Gasteiger partial charge in [0.05, 0.1) is 42.2 Å². The average Bonchev–Trinajstić information content (AvgIpc) is 3.62. The zero-order chi connectivity index (χ0) is 39.9. The third kappa shape index (κ3) is 7.50. The van der Waals surface area contributed by atoms with Crippen LogP contribution in [0.5, 0.6) is 0 Å². The zero-order valence-electron chi connectivity index (χ0n) is 35.1. The van der Waals surface area contributed by atoms with Crippen LogP contribution >= 0.6 is 0 Å². The molecule has 3 saturated heterocycles. The van der Waals surface area contributed by atoms with E-state index in [9.17, 15) is 20.1 Å². The van der Waals surface area contributed by atoms with E-state index in [1.807, 2.05) is 13.8 Å². The van der Waals surface area contributed by atoms with Gasteiger partial charge >= 0.3 is 5.97 Å². The van der Waals surface area contributed by atoms with Gasteiger partial charge in [0.25, 0.3) is 0 Å². The molecule has 18 atom stereocenters. The van der Waals surface area contributed by atoms with Crippen LogP contribution in [0.1, 0.15) is 131 Å². The summed E-state index contributed by atoms with van der Waals surface area (Å²) in [6, 6.07) is 0.658. The van der Waals surface area contributed by atoms with Gasteiger partial charge in [-0.2, -0.15) is 0 Å². The number of ether oxygens (including phenoxy) is 7. The number of aliphatic hydroxyl groups is 3. The molecule has 8 fully saturated rings. The molecule has 0 amide bonds. The molecule has 322 valence electrons. The molecule has 4 aliphatic heterocycles. The minimum atomic E-state index is -0.801. The summed E-state index contributed by atoms with van der Waals surface area (Å²) in [6.45, 7) is 12.9. The van der Waals surface area contributed by atoms with Crippen molar-refractivity contribution in [3.05, 3.63) is 11.6 Å². The van der Waals surface area contributed by atoms with E-state index in [2.05, 4.69) is 25.7 Å². The van der Waals surface area contributed by atoms with Crippen LogP contribution in [0, 0.1) is 34.5 Å². The summed E-state index contributed by atoms with van der Waals surface area (Å²) in [4.78, 5) is 14.5. The summed E-state index contributed by atoms with van der Waals surface area (Å²) in [7, 11) is 0. The maximum atomic E-state index is 12.6. The molecule has 9 aliphatic rings. The number of hydrogen-bond donors (Lipinski definition) is 3. The Kier molecular flexibility index (Phi) is 11.5. The topological polar surface area (TPSA) is 146 Å². The van der Waals surface area contributed by atoms with Crippen molar-refractivity contribution in [2.24, 2.45) is 34.5 Å². The summed E-state index contributed by atoms with van der Waals surface area (Å²) in [5, 5.41) is 35.2. The lowest BCUT2D eigenvalue weighted by molar-refractivity contribution is -0.329. The summed E-state index contributed by atoms with van der Waals surface area (Å²) < 4.78 is 43.6. The lowest BCUT2D eigenvalue weighted by Gasteiger charge is -2.64. The predicted octanol–water partition coefficient (Wildman–Crippen LogP) is 5.38. The lowest BCUT2D eigenvalue weighted by Crippen LogP contribution is -2.62. The van der Waals surface area contributed by atoms with Gasteiger partial charge in [0, 0.05) is 49.9 Å². The van der Waals surface area contributed by atoms with E-state index >= 15 is 0 Å². The molecule has 0 aromatic carbocycles. The molecule has 5 aliphatic carbocycles. The fourth-order valence-electron chi connectivity index (χ4n) is 13.9. The zero-order valence-corrected chi connectivity index (χ0v) is 35.1. The van der Waals surface area contributed by atoms with Crippen molar-refractivity contribution in [3.63, 3.8) is 0 Å². The highest BCUT2D eigenvalue weighted by Gasteiger charge is 2.68. The first kappa shape index (κ1) is 41.2. The first-order valence-electron chi connectivity index (χ1n) is 22.9. The van der Waals surface area contributed by atoms with Gasteiger partial charge < -0.3 is 48.5 Å². The Morgan fingerprint density at radius 2 is 1.46 bits per heavy atom. The summed E-state index contributed by atoms with van der Waals surface area (Å²) in [5.74, 6) is 1.22. The molecule has 12 nitrogen and oxygen atoms in total. The second kappa shape index (κ2) is 15.9. The van der Waals surface area contributed by atoms with E-state index in [0.717, 1.165) is 82.9 Å². The Bertz CT molecular complexity index is 1470. The average molecular weight is 802 g/mol. The van der Waals surface area contributed by atoms with E-state index in [0.29, 0.717) is 30.9 Å². The van der Waals surface area contributed by atoms with Crippen molar-refractivity contribution in [3.8, 4) is 0 Å². The largest absolute Gasteiger partial charge is 0.458 e. The van der Waals surface area contributed by atoms with Crippen LogP contribution in [0.2, 0.25) is 0 Å². The number of carbonyl (C=O) groups excluding carboxylic acids is 1. The van der Waals surface area contributed by atoms with E-state index < -0.39 is 61.1 Å². The van der Waals surface area contributed by atoms with Crippen molar-refractivity contribution in [2.45, 2.75) is 210 Å². The number of cyclic esters (lactones) is 1. The van der Waals surface area contributed by atoms with Gasteiger partial charge in [0.1, 0.15) is 18.8 Å². The first-order valence-corrected chi connectivity index (χ1v) is 22.9. The van der Waals surface area contributed by atoms with Crippen LogP contribution in [0.3, 0.4) is 0 Å². The molecule has 0 aromatic heterocycles. The van der Waals surface area contributed by atoms with Crippen LogP contribution in [0.25, 0.3) is 0 Å². The Hall–Kier alpha value is -1.19. The van der Waals surface area contributed by atoms with Crippen molar-refractivity contribution < 1.29 is 53.3 Å². The maximum Gasteiger partial charge on any atom is 0.331 e. The molecule has 9 rings (SSSR count). The SMILES string of the molecule is CC1CN(C2CCC2)CCC(O[C@H]2[C@@H](O)C[C@H](O[C@@H]3[C@@H](O)C[C@@H](O[C@H]4CC[C@@]5(C)[C@H](CC[C@@H]6[C@@H]5CC[C@]5(C)[C@@H](C7=CC(=O)OC7)CC[C@]65O)C4)O[C@@H]3C)O[C@@H]2C)O1. The molecule has 2 unspecified atom stereocenters. The van der Waals surface area contributed by atoms with Gasteiger partial charge in [0.15, 0.2) is 18.9 Å². The first-order chi connectivity index (χ1) is 27.2. The van der Waals surface area contributed by atoms with Crippen molar-refractivity contribution in [1.82, 2.24) is 4.90 Å². The number of esters is 1. The van der Waals surface area contributed by atoms with E-state index in [4.69, 9.17) is 33.2 Å². The molecule has 12 heteroatoms. The molecular weight excluding hydrogens is 730 g/mol. The summed E-state index contributed by atoms with van der Waals surface area (Å²) in [6.07, 6.45) is 10.6. The Labute approximate surface area is 339 Å². The van der Waals surface area contributed by atoms with Crippen LogP contribution in [0.4, 0.5) is 0 Å². The smallest absolute Gasteiger partial charge is 0.331 e. The third-order valence-electron chi connectivity index (χ3n) is 17.3. The van der Waals surface area contributed by atoms with Crippen molar-refractivity contribution in [2.75, 3.05) is 19.7 Å². The normalized spacial score (nSPS) is 52.2. The van der Waals surface area contributed by atoms with Gasteiger partial charge in [-0.15, -0.1) is 0 Å². The highest BCUT2D eigenvalue weighted by molar-refractivity contribution is 5.85. The molecule has 3 N–H and O–H groups in total. The fraction of sp³-hybridized carbons (Fsp3) is 0.933. The number of fused-ring (bicyclic) bond motifs is 5. The van der Waals surface area contributed by atoms with Gasteiger partial charge in [-0.3, -0.25) is 4.90 Å². The number of aliphatic hydroxyl groups excluding tert-OH is 2. The molecule has 57 heavy (non-hydrogen) atoms. The van der Waals surface area contributed by atoms with E-state index in [-0.39, 0.29) is 47.3 Å². The third-order valence-corrected chi connectivity index (χ3v) is 17.3. The molecule has 0 aromatic rings. The number of hydrogen-bond acceptors (Lipinski definition) is 12. The molecule has 4 heterocycles. The standard InChI is InChI=1S/C45H71NO11/c1-25-23-46(30-7-6-8-30)18-14-38(52-25)56-41-26(2)54-40(22-36(41)48)57-42-27(3)53-39(21-35(42)47)55-31-11-15-43(4)29(20-31)9-10-34-33(43)12-16-44(5)32(13-17-45(34,44)50)28-19-37(49)51-24-28/h19,25-27,29-36,38-42,47-48,50H,6-18,20-24H2,1-5H3/t25?,26-,27-,29-,31+,32-,33+,34-,35+,36+,38?,39-,40+,41-,42+,43+,44-,45+/m1/s1. The Morgan fingerprint density at radius 1 is 0.754 bits per heavy atom. The molecular formula is C45H71NO11. The summed E-state index contributed by atoms with van der Waals surface area (Å²) >= 11 is 0. The second-order valence-corrected chi connectivity index (χ2v) is 20.4. The minimum absolute atomic E-state index is 0.0532.